The van der Waals surface area contributed by atoms with Gasteiger partial charge in [-0.25, -0.2) is 0 Å². The molecule has 1 aromatic heterocycles. The highest BCUT2D eigenvalue weighted by Gasteiger charge is 2.15. The Kier molecular flexibility index (Phi) is 4.96. The molecule has 2 rings (SSSR count). The van der Waals surface area contributed by atoms with Gasteiger partial charge in [0, 0.05) is 31.4 Å². The van der Waals surface area contributed by atoms with Crippen LogP contribution >= 0.6 is 0 Å². The van der Waals surface area contributed by atoms with Gasteiger partial charge in [0.25, 0.3) is 0 Å². The third-order valence-corrected chi connectivity index (χ3v) is 3.69. The van der Waals surface area contributed by atoms with Crippen molar-refractivity contribution in [3.8, 4) is 0 Å². The molecule has 1 amide bonds. The van der Waals surface area contributed by atoms with Gasteiger partial charge in [0.05, 0.1) is 12.2 Å². The van der Waals surface area contributed by atoms with Crippen LogP contribution in [-0.4, -0.2) is 28.3 Å². The minimum Gasteiger partial charge on any atom is -0.352 e. The molecule has 0 radical (unpaired) electrons. The first-order valence-electron chi connectivity index (χ1n) is 7.14. The van der Waals surface area contributed by atoms with Crippen molar-refractivity contribution in [2.75, 3.05) is 6.54 Å². The molecule has 5 nitrogen and oxygen atoms in total. The number of carbonyl (C=O) groups is 1. The number of hydrogen-bond donors (Lipinski definition) is 2. The minimum absolute atomic E-state index is 0.105. The van der Waals surface area contributed by atoms with Crippen LogP contribution in [0.15, 0.2) is 6.20 Å². The van der Waals surface area contributed by atoms with Gasteiger partial charge in [-0.2, -0.15) is 5.10 Å². The predicted octanol–water partition coefficient (Wildman–Crippen LogP) is 1.27. The maximum Gasteiger partial charge on any atom is 0.234 e. The largest absolute Gasteiger partial charge is 0.352 e. The monoisotopic (exact) mass is 264 g/mol. The molecule has 1 heterocycles. The highest BCUT2D eigenvalue weighted by atomic mass is 16.1. The maximum atomic E-state index is 11.8. The number of hydrogen-bond acceptors (Lipinski definition) is 3. The number of nitrogens with one attached hydrogen (secondary N) is 2. The zero-order chi connectivity index (χ0) is 13.7. The average molecular weight is 264 g/mol. The van der Waals surface area contributed by atoms with Crippen molar-refractivity contribution in [1.29, 1.82) is 0 Å². The molecular formula is C14H24N4O. The molecule has 0 atom stereocenters. The molecule has 1 aliphatic carbocycles. The Morgan fingerprint density at radius 2 is 2.16 bits per heavy atom. The van der Waals surface area contributed by atoms with Gasteiger partial charge in [0.2, 0.25) is 5.91 Å². The summed E-state index contributed by atoms with van der Waals surface area (Å²) >= 11 is 0. The van der Waals surface area contributed by atoms with E-state index in [0.717, 1.165) is 24.1 Å². The van der Waals surface area contributed by atoms with E-state index < -0.39 is 0 Å². The van der Waals surface area contributed by atoms with E-state index in [4.69, 9.17) is 0 Å². The smallest absolute Gasteiger partial charge is 0.234 e. The lowest BCUT2D eigenvalue weighted by molar-refractivity contribution is -0.121. The first kappa shape index (κ1) is 14.1. The third kappa shape index (κ3) is 4.35. The van der Waals surface area contributed by atoms with Gasteiger partial charge in [0.1, 0.15) is 0 Å². The van der Waals surface area contributed by atoms with Crippen molar-refractivity contribution >= 4 is 5.91 Å². The maximum absolute atomic E-state index is 11.8. The fraction of sp³-hybridized carbons (Fsp3) is 0.714. The molecule has 1 fully saturated rings. The van der Waals surface area contributed by atoms with Gasteiger partial charge < -0.3 is 10.6 Å². The zero-order valence-electron chi connectivity index (χ0n) is 11.9. The Balaban J connectivity index is 1.67. The van der Waals surface area contributed by atoms with Crippen LogP contribution in [0.1, 0.15) is 43.4 Å². The average Bonchev–Trinajstić information content (AvgIpc) is 2.69. The summed E-state index contributed by atoms with van der Waals surface area (Å²) in [5.74, 6) is 0.105. The van der Waals surface area contributed by atoms with Crippen molar-refractivity contribution in [3.05, 3.63) is 17.5 Å². The Morgan fingerprint density at radius 1 is 1.42 bits per heavy atom. The van der Waals surface area contributed by atoms with Crippen LogP contribution < -0.4 is 10.6 Å². The molecule has 0 spiro atoms. The van der Waals surface area contributed by atoms with Crippen LogP contribution in [0.2, 0.25) is 0 Å². The molecule has 0 unspecified atom stereocenters. The van der Waals surface area contributed by atoms with E-state index in [1.807, 2.05) is 20.2 Å². The second kappa shape index (κ2) is 6.70. The van der Waals surface area contributed by atoms with E-state index in [-0.39, 0.29) is 5.91 Å². The molecule has 19 heavy (non-hydrogen) atoms. The quantitative estimate of drug-likeness (QED) is 0.842. The van der Waals surface area contributed by atoms with E-state index in [2.05, 4.69) is 15.7 Å². The van der Waals surface area contributed by atoms with Gasteiger partial charge >= 0.3 is 0 Å². The Labute approximate surface area is 114 Å². The molecule has 1 saturated carbocycles. The lowest BCUT2D eigenvalue weighted by Gasteiger charge is -2.22. The SMILES string of the molecule is Cc1nn(C)cc1CNCC(=O)NC1CCCCC1. The number of aromatic nitrogens is 2. The fourth-order valence-electron chi connectivity index (χ4n) is 2.66. The fourth-order valence-corrected chi connectivity index (χ4v) is 2.66. The Bertz CT molecular complexity index is 421. The van der Waals surface area contributed by atoms with Crippen LogP contribution in [0, 0.1) is 6.92 Å². The molecule has 1 aromatic rings. The second-order valence-corrected chi connectivity index (χ2v) is 5.42. The Hall–Kier alpha value is -1.36. The van der Waals surface area contributed by atoms with Gasteiger partial charge in [-0.05, 0) is 19.8 Å². The van der Waals surface area contributed by atoms with Crippen molar-refractivity contribution in [1.82, 2.24) is 20.4 Å². The topological polar surface area (TPSA) is 59.0 Å². The van der Waals surface area contributed by atoms with E-state index in [0.29, 0.717) is 19.1 Å². The number of aryl methyl sites for hydroxylation is 2. The molecule has 1 aliphatic rings. The lowest BCUT2D eigenvalue weighted by Crippen LogP contribution is -2.41. The van der Waals surface area contributed by atoms with E-state index in [9.17, 15) is 4.79 Å². The summed E-state index contributed by atoms with van der Waals surface area (Å²) in [6.07, 6.45) is 8.05. The minimum atomic E-state index is 0.105. The molecule has 0 aliphatic heterocycles. The second-order valence-electron chi connectivity index (χ2n) is 5.42. The van der Waals surface area contributed by atoms with E-state index in [1.165, 1.54) is 19.3 Å². The van der Waals surface area contributed by atoms with Crippen LogP contribution in [-0.2, 0) is 18.4 Å². The zero-order valence-corrected chi connectivity index (χ0v) is 11.9. The van der Waals surface area contributed by atoms with E-state index in [1.54, 1.807) is 4.68 Å². The summed E-state index contributed by atoms with van der Waals surface area (Å²) in [4.78, 5) is 11.8. The van der Waals surface area contributed by atoms with Crippen molar-refractivity contribution in [2.45, 2.75) is 51.6 Å². The summed E-state index contributed by atoms with van der Waals surface area (Å²) in [5, 5.41) is 10.6. The van der Waals surface area contributed by atoms with Crippen LogP contribution in [0.4, 0.5) is 0 Å². The summed E-state index contributed by atoms with van der Waals surface area (Å²) in [6.45, 7) is 3.06. The van der Waals surface area contributed by atoms with Crippen molar-refractivity contribution in [2.24, 2.45) is 7.05 Å². The molecular weight excluding hydrogens is 240 g/mol. The first-order valence-corrected chi connectivity index (χ1v) is 7.14. The van der Waals surface area contributed by atoms with E-state index >= 15 is 0 Å². The van der Waals surface area contributed by atoms with Crippen molar-refractivity contribution in [3.63, 3.8) is 0 Å². The molecule has 0 saturated heterocycles. The number of carbonyl (C=O) groups excluding carboxylic acids is 1. The molecule has 0 aromatic carbocycles. The Morgan fingerprint density at radius 3 is 2.79 bits per heavy atom. The van der Waals surface area contributed by atoms with Crippen LogP contribution in [0.3, 0.4) is 0 Å². The van der Waals surface area contributed by atoms with Crippen LogP contribution in [0.5, 0.6) is 0 Å². The third-order valence-electron chi connectivity index (χ3n) is 3.69. The molecule has 106 valence electrons. The molecule has 5 heteroatoms. The highest BCUT2D eigenvalue weighted by Crippen LogP contribution is 2.17. The van der Waals surface area contributed by atoms with Gasteiger partial charge in [-0.15, -0.1) is 0 Å². The highest BCUT2D eigenvalue weighted by molar-refractivity contribution is 5.78. The normalized spacial score (nSPS) is 16.5. The van der Waals surface area contributed by atoms with Gasteiger partial charge in [-0.3, -0.25) is 9.48 Å². The summed E-state index contributed by atoms with van der Waals surface area (Å²) in [6, 6.07) is 0.392. The summed E-state index contributed by atoms with van der Waals surface area (Å²) < 4.78 is 1.80. The van der Waals surface area contributed by atoms with Gasteiger partial charge in [-0.1, -0.05) is 19.3 Å². The first-order chi connectivity index (χ1) is 9.15. The predicted molar refractivity (Wildman–Crippen MR) is 74.7 cm³/mol. The van der Waals surface area contributed by atoms with Crippen LogP contribution in [0.25, 0.3) is 0 Å². The molecule has 0 bridgehead atoms. The van der Waals surface area contributed by atoms with Gasteiger partial charge in [0.15, 0.2) is 0 Å². The summed E-state index contributed by atoms with van der Waals surface area (Å²) in [7, 11) is 1.91. The standard InChI is InChI=1S/C14H24N4O/c1-11-12(10-18(2)17-11)8-15-9-14(19)16-13-6-4-3-5-7-13/h10,13,15H,3-9H2,1-2H3,(H,16,19). The summed E-state index contributed by atoms with van der Waals surface area (Å²) in [5.41, 5.74) is 2.16. The number of nitrogens with zero attached hydrogens (tertiary/aromatic N) is 2. The number of rotatable bonds is 5. The lowest BCUT2D eigenvalue weighted by atomic mass is 9.95. The number of amides is 1. The van der Waals surface area contributed by atoms with Crippen molar-refractivity contribution < 1.29 is 4.79 Å². The molecule has 2 N–H and O–H groups in total.